The van der Waals surface area contributed by atoms with Gasteiger partial charge in [-0.15, -0.1) is 0 Å². The van der Waals surface area contributed by atoms with Crippen molar-refractivity contribution >= 4 is 11.6 Å². The van der Waals surface area contributed by atoms with Crippen molar-refractivity contribution < 1.29 is 9.59 Å². The van der Waals surface area contributed by atoms with Gasteiger partial charge in [0.2, 0.25) is 0 Å². The molecular formula is C16H18O2. The van der Waals surface area contributed by atoms with E-state index in [-0.39, 0.29) is 17.5 Å². The number of carbonyl (C=O) groups excluding carboxylic acids is 2. The minimum absolute atomic E-state index is 0.0679. The maximum atomic E-state index is 12.6. The number of hydrogen-bond donors (Lipinski definition) is 0. The summed E-state index contributed by atoms with van der Waals surface area (Å²) in [5.41, 5.74) is 1.40. The highest BCUT2D eigenvalue weighted by molar-refractivity contribution is 6.17. The van der Waals surface area contributed by atoms with Crippen LogP contribution < -0.4 is 0 Å². The van der Waals surface area contributed by atoms with Crippen LogP contribution >= 0.6 is 0 Å². The van der Waals surface area contributed by atoms with Gasteiger partial charge < -0.3 is 0 Å². The average Bonchev–Trinajstić information content (AvgIpc) is 2.42. The summed E-state index contributed by atoms with van der Waals surface area (Å²) in [6.07, 6.45) is 0. The molecule has 0 N–H and O–H groups in total. The van der Waals surface area contributed by atoms with Crippen LogP contribution in [-0.2, 0) is 15.0 Å². The molecule has 0 heterocycles. The lowest BCUT2D eigenvalue weighted by molar-refractivity contribution is -0.131. The minimum Gasteiger partial charge on any atom is -0.294 e. The highest BCUT2D eigenvalue weighted by atomic mass is 16.1. The third kappa shape index (κ3) is 1.56. The summed E-state index contributed by atoms with van der Waals surface area (Å²) in [6.45, 7) is 7.23. The first kappa shape index (κ1) is 12.7. The van der Waals surface area contributed by atoms with Crippen LogP contribution in [0.15, 0.2) is 41.5 Å². The van der Waals surface area contributed by atoms with E-state index in [9.17, 15) is 9.59 Å². The molecule has 1 aromatic rings. The number of benzene rings is 1. The predicted octanol–water partition coefficient (Wildman–Crippen LogP) is 3.07. The van der Waals surface area contributed by atoms with E-state index in [0.717, 1.165) is 5.56 Å². The molecule has 0 radical (unpaired) electrons. The van der Waals surface area contributed by atoms with E-state index < -0.39 is 5.41 Å². The summed E-state index contributed by atoms with van der Waals surface area (Å²) in [7, 11) is 0. The van der Waals surface area contributed by atoms with E-state index in [2.05, 4.69) is 0 Å². The Morgan fingerprint density at radius 2 is 1.56 bits per heavy atom. The molecule has 2 nitrogen and oxygen atoms in total. The average molecular weight is 242 g/mol. The highest BCUT2D eigenvalue weighted by Gasteiger charge is 2.48. The van der Waals surface area contributed by atoms with Gasteiger partial charge in [0.1, 0.15) is 0 Å². The van der Waals surface area contributed by atoms with E-state index >= 15 is 0 Å². The number of ketones is 2. The maximum Gasteiger partial charge on any atom is 0.169 e. The van der Waals surface area contributed by atoms with Crippen molar-refractivity contribution in [2.75, 3.05) is 0 Å². The largest absolute Gasteiger partial charge is 0.294 e. The van der Waals surface area contributed by atoms with Gasteiger partial charge in [0.25, 0.3) is 0 Å². The Labute approximate surface area is 108 Å². The lowest BCUT2D eigenvalue weighted by atomic mass is 9.62. The summed E-state index contributed by atoms with van der Waals surface area (Å²) in [4.78, 5) is 24.9. The molecule has 1 aliphatic rings. The van der Waals surface area contributed by atoms with Crippen LogP contribution in [0.3, 0.4) is 0 Å². The Kier molecular flexibility index (Phi) is 2.97. The second-order valence-electron chi connectivity index (χ2n) is 5.23. The molecule has 0 unspecified atom stereocenters. The first-order chi connectivity index (χ1) is 8.40. The summed E-state index contributed by atoms with van der Waals surface area (Å²) in [6, 6.07) is 9.59. The van der Waals surface area contributed by atoms with Crippen LogP contribution in [0.1, 0.15) is 33.3 Å². The molecular weight excluding hydrogens is 224 g/mol. The van der Waals surface area contributed by atoms with Gasteiger partial charge in [0.05, 0.1) is 5.41 Å². The number of hydrogen-bond acceptors (Lipinski definition) is 2. The third-order valence-corrected chi connectivity index (χ3v) is 4.38. The van der Waals surface area contributed by atoms with Gasteiger partial charge in [0, 0.05) is 5.92 Å². The molecule has 1 aromatic carbocycles. The Morgan fingerprint density at radius 3 is 2.11 bits per heavy atom. The fourth-order valence-electron chi connectivity index (χ4n) is 2.69. The van der Waals surface area contributed by atoms with Crippen LogP contribution in [-0.4, -0.2) is 11.6 Å². The van der Waals surface area contributed by atoms with Crippen LogP contribution in [0, 0.1) is 5.92 Å². The van der Waals surface area contributed by atoms with E-state index in [1.165, 1.54) is 0 Å². The van der Waals surface area contributed by atoms with Gasteiger partial charge in [-0.2, -0.15) is 0 Å². The topological polar surface area (TPSA) is 34.1 Å². The van der Waals surface area contributed by atoms with E-state index in [0.29, 0.717) is 11.1 Å². The van der Waals surface area contributed by atoms with Crippen LogP contribution in [0.2, 0.25) is 0 Å². The fourth-order valence-corrected chi connectivity index (χ4v) is 2.69. The zero-order chi connectivity index (χ0) is 13.5. The Hall–Kier alpha value is -1.70. The summed E-state index contributed by atoms with van der Waals surface area (Å²) >= 11 is 0. The van der Waals surface area contributed by atoms with Crippen molar-refractivity contribution in [2.24, 2.45) is 5.92 Å². The molecule has 1 aliphatic carbocycles. The van der Waals surface area contributed by atoms with Crippen LogP contribution in [0.4, 0.5) is 0 Å². The predicted molar refractivity (Wildman–Crippen MR) is 71.3 cm³/mol. The maximum absolute atomic E-state index is 12.6. The van der Waals surface area contributed by atoms with Crippen LogP contribution in [0.5, 0.6) is 0 Å². The Bertz CT molecular complexity index is 539. The van der Waals surface area contributed by atoms with Gasteiger partial charge in [0.15, 0.2) is 11.6 Å². The molecule has 94 valence electrons. The first-order valence-electron chi connectivity index (χ1n) is 6.22. The number of allylic oxidation sites excluding steroid dienone is 2. The highest BCUT2D eigenvalue weighted by Crippen LogP contribution is 2.41. The zero-order valence-corrected chi connectivity index (χ0v) is 11.3. The summed E-state index contributed by atoms with van der Waals surface area (Å²) in [5, 5.41) is 0. The molecule has 0 bridgehead atoms. The van der Waals surface area contributed by atoms with Gasteiger partial charge >= 0.3 is 0 Å². The van der Waals surface area contributed by atoms with Crippen molar-refractivity contribution in [3.8, 4) is 0 Å². The summed E-state index contributed by atoms with van der Waals surface area (Å²) in [5.74, 6) is -0.159. The van der Waals surface area contributed by atoms with Crippen LogP contribution in [0.25, 0.3) is 0 Å². The van der Waals surface area contributed by atoms with Crippen molar-refractivity contribution in [2.45, 2.75) is 33.1 Å². The summed E-state index contributed by atoms with van der Waals surface area (Å²) < 4.78 is 0. The number of Topliss-reactive ketones (excluding diaryl/α,β-unsaturated/α-hetero) is 2. The van der Waals surface area contributed by atoms with Crippen molar-refractivity contribution in [3.05, 3.63) is 47.0 Å². The monoisotopic (exact) mass is 242 g/mol. The molecule has 0 spiro atoms. The molecule has 0 saturated heterocycles. The standard InChI is InChI=1S/C16H18O2/c1-10-11(2)15(18)16(4,12(3)14(10)17)13-8-6-5-7-9-13/h5-9,12H,1-4H3/t12-,16+/m1/s1. The van der Waals surface area contributed by atoms with Gasteiger partial charge in [-0.05, 0) is 37.5 Å². The third-order valence-electron chi connectivity index (χ3n) is 4.38. The molecule has 0 aliphatic heterocycles. The van der Waals surface area contributed by atoms with Crippen molar-refractivity contribution in [3.63, 3.8) is 0 Å². The Balaban J connectivity index is 2.65. The van der Waals surface area contributed by atoms with Gasteiger partial charge in [-0.25, -0.2) is 0 Å². The first-order valence-corrected chi connectivity index (χ1v) is 6.22. The second kappa shape index (κ2) is 4.20. The lowest BCUT2D eigenvalue weighted by Crippen LogP contribution is -2.47. The molecule has 18 heavy (non-hydrogen) atoms. The zero-order valence-electron chi connectivity index (χ0n) is 11.3. The molecule has 0 saturated carbocycles. The Morgan fingerprint density at radius 1 is 1.00 bits per heavy atom. The quantitative estimate of drug-likeness (QED) is 0.758. The van der Waals surface area contributed by atoms with E-state index in [1.54, 1.807) is 13.8 Å². The lowest BCUT2D eigenvalue weighted by Gasteiger charge is -2.38. The van der Waals surface area contributed by atoms with Crippen molar-refractivity contribution in [1.29, 1.82) is 0 Å². The SMILES string of the molecule is CC1=C(C)C(=O)[C@](C)(c2ccccc2)[C@H](C)C1=O. The molecule has 2 heteroatoms. The van der Waals surface area contributed by atoms with Gasteiger partial charge in [-0.3, -0.25) is 9.59 Å². The molecule has 0 amide bonds. The normalized spacial score (nSPS) is 28.8. The minimum atomic E-state index is -0.734. The van der Waals surface area contributed by atoms with E-state index in [1.807, 2.05) is 44.2 Å². The molecule has 2 atom stereocenters. The fraction of sp³-hybridized carbons (Fsp3) is 0.375. The molecule has 2 rings (SSSR count). The van der Waals surface area contributed by atoms with Gasteiger partial charge in [-0.1, -0.05) is 37.3 Å². The number of rotatable bonds is 1. The van der Waals surface area contributed by atoms with E-state index in [4.69, 9.17) is 0 Å². The van der Waals surface area contributed by atoms with Crippen molar-refractivity contribution in [1.82, 2.24) is 0 Å². The smallest absolute Gasteiger partial charge is 0.169 e. The number of carbonyl (C=O) groups is 2. The molecule has 0 aromatic heterocycles. The molecule has 0 fully saturated rings. The second-order valence-corrected chi connectivity index (χ2v) is 5.23.